The number of rotatable bonds is 11. The van der Waals surface area contributed by atoms with Crippen molar-refractivity contribution in [2.75, 3.05) is 39.1 Å². The summed E-state index contributed by atoms with van der Waals surface area (Å²) in [6.07, 6.45) is 2.80. The van der Waals surface area contributed by atoms with Gasteiger partial charge < -0.3 is 14.7 Å². The van der Waals surface area contributed by atoms with Crippen LogP contribution >= 0.6 is 11.8 Å². The van der Waals surface area contributed by atoms with Crippen LogP contribution in [0.5, 0.6) is 5.75 Å². The lowest BCUT2D eigenvalue weighted by atomic mass is 9.81. The number of fused-ring (bicyclic) bond motifs is 1. The minimum atomic E-state index is -1.67. The van der Waals surface area contributed by atoms with Gasteiger partial charge in [0.15, 0.2) is 17.5 Å². The van der Waals surface area contributed by atoms with Crippen LogP contribution in [0.3, 0.4) is 0 Å². The number of halogens is 5. The maximum atomic E-state index is 15.4. The fourth-order valence-corrected chi connectivity index (χ4v) is 6.04. The molecule has 0 aliphatic carbocycles. The topological polar surface area (TPSA) is 45.6 Å². The second kappa shape index (κ2) is 13.1. The summed E-state index contributed by atoms with van der Waals surface area (Å²) in [7, 11) is 1.57. The first-order valence-corrected chi connectivity index (χ1v) is 13.7. The monoisotopic (exact) mass is 554 g/mol. The number of likely N-dealkylation sites (tertiary alicyclic amines) is 1. The van der Waals surface area contributed by atoms with E-state index in [0.29, 0.717) is 61.0 Å². The van der Waals surface area contributed by atoms with Crippen molar-refractivity contribution in [2.24, 2.45) is 11.8 Å². The van der Waals surface area contributed by atoms with E-state index in [1.165, 1.54) is 0 Å². The molecule has 0 amide bonds. The van der Waals surface area contributed by atoms with Gasteiger partial charge in [0.1, 0.15) is 17.7 Å². The van der Waals surface area contributed by atoms with Crippen LogP contribution < -0.4 is 4.74 Å². The van der Waals surface area contributed by atoms with Gasteiger partial charge in [-0.1, -0.05) is 0 Å². The molecule has 3 aromatic rings. The molecule has 0 radical (unpaired) electrons. The Bertz CT molecular complexity index is 1250. The number of ether oxygens (including phenoxy) is 1. The standard InChI is InChI=1S/C28H31F5N2O2S/c1-37-19-4-6-25-21(13-19)20(7-9-34-25)22(29)5-3-17-8-11-35(15-18(17)16-36)10-2-12-38-28-24(31)14-23(30)26(32)27(28)33/h4,6-7,9,13-14,17-18,22,36H,2-3,5,8,10-12,15-16H2,1H3/t17-,18-,22+/m1/s1. The summed E-state index contributed by atoms with van der Waals surface area (Å²) < 4.78 is 74.8. The molecule has 1 N–H and O–H groups in total. The lowest BCUT2D eigenvalue weighted by Crippen LogP contribution is -2.42. The van der Waals surface area contributed by atoms with Crippen LogP contribution in [0.1, 0.15) is 37.4 Å². The van der Waals surface area contributed by atoms with Gasteiger partial charge in [0.25, 0.3) is 0 Å². The van der Waals surface area contributed by atoms with Crippen molar-refractivity contribution in [1.82, 2.24) is 9.88 Å². The number of hydrogen-bond acceptors (Lipinski definition) is 5. The molecule has 10 heteroatoms. The predicted octanol–water partition coefficient (Wildman–Crippen LogP) is 6.70. The molecule has 1 aliphatic rings. The van der Waals surface area contributed by atoms with Crippen molar-refractivity contribution in [3.05, 3.63) is 65.4 Å². The molecular weight excluding hydrogens is 523 g/mol. The van der Waals surface area contributed by atoms with E-state index in [2.05, 4.69) is 9.88 Å². The van der Waals surface area contributed by atoms with Gasteiger partial charge in [-0.05, 0) is 86.2 Å². The van der Waals surface area contributed by atoms with Gasteiger partial charge in [-0.3, -0.25) is 4.98 Å². The van der Waals surface area contributed by atoms with E-state index in [1.54, 1.807) is 31.5 Å². The smallest absolute Gasteiger partial charge is 0.195 e. The zero-order valence-corrected chi connectivity index (χ0v) is 21.9. The van der Waals surface area contributed by atoms with Gasteiger partial charge in [-0.2, -0.15) is 0 Å². The molecule has 4 nitrogen and oxygen atoms in total. The molecule has 3 atom stereocenters. The molecule has 0 saturated carbocycles. The average Bonchev–Trinajstić information content (AvgIpc) is 2.93. The van der Waals surface area contributed by atoms with Crippen LogP contribution in [0.2, 0.25) is 0 Å². The minimum absolute atomic E-state index is 0.000959. The number of alkyl halides is 1. The predicted molar refractivity (Wildman–Crippen MR) is 138 cm³/mol. The van der Waals surface area contributed by atoms with E-state index in [1.807, 2.05) is 6.07 Å². The first-order chi connectivity index (χ1) is 18.3. The van der Waals surface area contributed by atoms with Crippen LogP contribution in [0.25, 0.3) is 10.9 Å². The van der Waals surface area contributed by atoms with Crippen molar-refractivity contribution >= 4 is 22.7 Å². The van der Waals surface area contributed by atoms with Gasteiger partial charge in [-0.25, -0.2) is 22.0 Å². The Morgan fingerprint density at radius 1 is 1.11 bits per heavy atom. The van der Waals surface area contributed by atoms with E-state index in [4.69, 9.17) is 4.74 Å². The van der Waals surface area contributed by atoms with Crippen molar-refractivity contribution in [1.29, 1.82) is 0 Å². The van der Waals surface area contributed by atoms with Gasteiger partial charge in [0.2, 0.25) is 0 Å². The number of thioether (sulfide) groups is 1. The molecule has 1 saturated heterocycles. The highest BCUT2D eigenvalue weighted by molar-refractivity contribution is 7.99. The molecular formula is C28H31F5N2O2S. The first-order valence-electron chi connectivity index (χ1n) is 12.7. The molecule has 2 aromatic carbocycles. The molecule has 1 fully saturated rings. The highest BCUT2D eigenvalue weighted by Gasteiger charge is 2.29. The fourth-order valence-electron chi connectivity index (χ4n) is 5.15. The summed E-state index contributed by atoms with van der Waals surface area (Å²) in [6, 6.07) is 7.46. The zero-order chi connectivity index (χ0) is 27.2. The Morgan fingerprint density at radius 3 is 2.68 bits per heavy atom. The van der Waals surface area contributed by atoms with E-state index in [-0.39, 0.29) is 18.4 Å². The van der Waals surface area contributed by atoms with Gasteiger partial charge >= 0.3 is 0 Å². The highest BCUT2D eigenvalue weighted by Crippen LogP contribution is 2.35. The summed E-state index contributed by atoms with van der Waals surface area (Å²) in [6.45, 7) is 2.05. The summed E-state index contributed by atoms with van der Waals surface area (Å²) in [5, 5.41) is 10.7. The third-order valence-corrected chi connectivity index (χ3v) is 8.41. The molecule has 1 aliphatic heterocycles. The maximum absolute atomic E-state index is 15.4. The number of piperidine rings is 1. The molecule has 38 heavy (non-hydrogen) atoms. The quantitative estimate of drug-likeness (QED) is 0.0940. The Morgan fingerprint density at radius 2 is 1.92 bits per heavy atom. The first kappa shape index (κ1) is 28.6. The summed E-state index contributed by atoms with van der Waals surface area (Å²) in [5.74, 6) is -4.68. The van der Waals surface area contributed by atoms with Crippen molar-refractivity contribution in [2.45, 2.75) is 36.8 Å². The van der Waals surface area contributed by atoms with Crippen LogP contribution in [0.15, 0.2) is 41.4 Å². The fraction of sp³-hybridized carbons (Fsp3) is 0.464. The lowest BCUT2D eigenvalue weighted by molar-refractivity contribution is 0.0640. The lowest BCUT2D eigenvalue weighted by Gasteiger charge is -2.38. The van der Waals surface area contributed by atoms with E-state index in [0.717, 1.165) is 30.1 Å². The number of nitrogens with zero attached hydrogens (tertiary/aromatic N) is 2. The Labute approximate surface area is 223 Å². The second-order valence-corrected chi connectivity index (χ2v) is 10.7. The van der Waals surface area contributed by atoms with Gasteiger partial charge in [-0.15, -0.1) is 11.8 Å². The Balaban J connectivity index is 1.27. The van der Waals surface area contributed by atoms with E-state index in [9.17, 15) is 22.7 Å². The zero-order valence-electron chi connectivity index (χ0n) is 21.1. The Hall–Kier alpha value is -2.43. The normalized spacial score (nSPS) is 19.1. The number of aliphatic hydroxyl groups excluding tert-OH is 1. The number of aromatic nitrogens is 1. The van der Waals surface area contributed by atoms with Gasteiger partial charge in [0.05, 0.1) is 17.5 Å². The largest absolute Gasteiger partial charge is 0.497 e. The molecule has 2 heterocycles. The summed E-state index contributed by atoms with van der Waals surface area (Å²) in [5.41, 5.74) is 1.29. The highest BCUT2D eigenvalue weighted by atomic mass is 32.2. The maximum Gasteiger partial charge on any atom is 0.195 e. The third kappa shape index (κ3) is 6.58. The molecule has 1 aromatic heterocycles. The molecule has 4 rings (SSSR count). The van der Waals surface area contributed by atoms with Crippen LogP contribution in [-0.4, -0.2) is 54.1 Å². The van der Waals surface area contributed by atoms with Crippen LogP contribution in [0.4, 0.5) is 22.0 Å². The van der Waals surface area contributed by atoms with Gasteiger partial charge in [0, 0.05) is 30.8 Å². The second-order valence-electron chi connectivity index (χ2n) is 9.62. The third-order valence-electron chi connectivity index (χ3n) is 7.26. The van der Waals surface area contributed by atoms with Crippen molar-refractivity contribution < 1.29 is 31.8 Å². The molecule has 0 unspecified atom stereocenters. The SMILES string of the molecule is COc1ccc2nccc([C@@H](F)CC[C@@H]3CCN(CCCSc4c(F)cc(F)c(F)c4F)C[C@@H]3CO)c2c1. The van der Waals surface area contributed by atoms with Crippen LogP contribution in [0, 0.1) is 35.1 Å². The molecule has 206 valence electrons. The number of methoxy groups -OCH3 is 1. The number of aliphatic hydroxyl groups is 1. The van der Waals surface area contributed by atoms with E-state index >= 15 is 4.39 Å². The average molecular weight is 555 g/mol. The summed E-state index contributed by atoms with van der Waals surface area (Å²) in [4.78, 5) is 5.97. The number of pyridine rings is 1. The van der Waals surface area contributed by atoms with E-state index < -0.39 is 34.3 Å². The molecule has 0 bridgehead atoms. The number of hydrogen-bond donors (Lipinski definition) is 1. The van der Waals surface area contributed by atoms with Crippen LogP contribution in [-0.2, 0) is 0 Å². The number of benzene rings is 2. The van der Waals surface area contributed by atoms with Crippen molar-refractivity contribution in [3.63, 3.8) is 0 Å². The molecule has 0 spiro atoms. The van der Waals surface area contributed by atoms with Crippen molar-refractivity contribution in [3.8, 4) is 5.75 Å². The summed E-state index contributed by atoms with van der Waals surface area (Å²) >= 11 is 0.818. The minimum Gasteiger partial charge on any atom is -0.497 e. The Kier molecular flexibility index (Phi) is 9.84.